The maximum absolute atomic E-state index is 13.1. The van der Waals surface area contributed by atoms with Crippen molar-refractivity contribution in [2.75, 3.05) is 44.4 Å². The first-order valence-corrected chi connectivity index (χ1v) is 10.3. The van der Waals surface area contributed by atoms with E-state index in [1.807, 2.05) is 38.2 Å². The summed E-state index contributed by atoms with van der Waals surface area (Å²) in [5.74, 6) is -0.497. The van der Waals surface area contributed by atoms with Crippen molar-refractivity contribution >= 4 is 28.7 Å². The topological polar surface area (TPSA) is 61.6 Å². The predicted octanol–water partition coefficient (Wildman–Crippen LogP) is 4.88. The van der Waals surface area contributed by atoms with E-state index in [0.29, 0.717) is 28.4 Å². The zero-order valence-electron chi connectivity index (χ0n) is 18.3. The number of likely N-dealkylation sites (N-methyl/N-ethyl adjacent to an activating group) is 2. The number of aromatic nitrogens is 1. The molecule has 4 rings (SSSR count). The molecule has 4 aromatic rings. The molecule has 0 fully saturated rings. The minimum Gasteiger partial charge on any atom is -0.423 e. The number of carbonyl (C=O) groups excluding carboxylic acids is 1. The van der Waals surface area contributed by atoms with E-state index >= 15 is 0 Å². The Balaban J connectivity index is 1.45. The number of oxazole rings is 1. The van der Waals surface area contributed by atoms with E-state index in [1.165, 1.54) is 12.1 Å². The number of amides is 1. The quantitative estimate of drug-likeness (QED) is 0.451. The van der Waals surface area contributed by atoms with Gasteiger partial charge in [-0.3, -0.25) is 4.79 Å². The first-order valence-electron chi connectivity index (χ1n) is 10.3. The number of carbonyl (C=O) groups is 1. The van der Waals surface area contributed by atoms with Crippen molar-refractivity contribution in [1.82, 2.24) is 9.88 Å². The molecule has 0 aliphatic heterocycles. The van der Waals surface area contributed by atoms with E-state index in [2.05, 4.69) is 15.2 Å². The number of nitrogens with zero attached hydrogens (tertiary/aromatic N) is 3. The lowest BCUT2D eigenvalue weighted by molar-refractivity contribution is 0.102. The monoisotopic (exact) mass is 432 g/mol. The molecule has 7 heteroatoms. The lowest BCUT2D eigenvalue weighted by Gasteiger charge is -2.17. The molecule has 0 radical (unpaired) electrons. The fourth-order valence-electron chi connectivity index (χ4n) is 3.26. The minimum atomic E-state index is -0.277. The standard InChI is InChI=1S/C25H25FN4O2/c1-29(2)14-15-30(3)25-28-22-16-21(12-13-23(22)32-25)27-24(31)19-6-4-17(5-7-19)18-8-10-20(26)11-9-18/h4-13,16H,14-15H2,1-3H3,(H,27,31). The molecule has 3 aromatic carbocycles. The summed E-state index contributed by atoms with van der Waals surface area (Å²) in [5, 5.41) is 2.91. The van der Waals surface area contributed by atoms with Crippen LogP contribution in [0.5, 0.6) is 0 Å². The number of rotatable bonds is 7. The molecule has 0 aliphatic carbocycles. The van der Waals surface area contributed by atoms with Crippen LogP contribution in [0.15, 0.2) is 71.1 Å². The van der Waals surface area contributed by atoms with Crippen molar-refractivity contribution in [2.45, 2.75) is 0 Å². The maximum atomic E-state index is 13.1. The number of hydrogen-bond donors (Lipinski definition) is 1. The molecule has 0 unspecified atom stereocenters. The van der Waals surface area contributed by atoms with Gasteiger partial charge in [-0.2, -0.15) is 4.98 Å². The number of nitrogens with one attached hydrogen (secondary N) is 1. The Kier molecular flexibility index (Phi) is 6.18. The van der Waals surface area contributed by atoms with E-state index in [0.717, 1.165) is 24.2 Å². The predicted molar refractivity (Wildman–Crippen MR) is 126 cm³/mol. The summed E-state index contributed by atoms with van der Waals surface area (Å²) in [6.07, 6.45) is 0. The molecular weight excluding hydrogens is 407 g/mol. The molecule has 0 saturated carbocycles. The fourth-order valence-corrected chi connectivity index (χ4v) is 3.26. The summed E-state index contributed by atoms with van der Waals surface area (Å²) in [6.45, 7) is 1.67. The average molecular weight is 432 g/mol. The molecule has 0 bridgehead atoms. The summed E-state index contributed by atoms with van der Waals surface area (Å²) in [5.41, 5.74) is 4.32. The van der Waals surface area contributed by atoms with Crippen molar-refractivity contribution < 1.29 is 13.6 Å². The molecule has 32 heavy (non-hydrogen) atoms. The Labute approximate surface area is 186 Å². The van der Waals surface area contributed by atoms with Crippen LogP contribution in [0, 0.1) is 5.82 Å². The van der Waals surface area contributed by atoms with Crippen LogP contribution in [0.2, 0.25) is 0 Å². The smallest absolute Gasteiger partial charge is 0.298 e. The summed E-state index contributed by atoms with van der Waals surface area (Å²) >= 11 is 0. The van der Waals surface area contributed by atoms with Crippen molar-refractivity contribution in [3.05, 3.63) is 78.1 Å². The van der Waals surface area contributed by atoms with Gasteiger partial charge < -0.3 is 19.5 Å². The molecule has 1 amide bonds. The van der Waals surface area contributed by atoms with E-state index in [1.54, 1.807) is 42.5 Å². The van der Waals surface area contributed by atoms with Crippen LogP contribution < -0.4 is 10.2 Å². The van der Waals surface area contributed by atoms with Gasteiger partial charge in [-0.1, -0.05) is 24.3 Å². The van der Waals surface area contributed by atoms with Crippen LogP contribution in [0.25, 0.3) is 22.2 Å². The van der Waals surface area contributed by atoms with Crippen LogP contribution in [0.3, 0.4) is 0 Å². The maximum Gasteiger partial charge on any atom is 0.298 e. The Morgan fingerprint density at radius 1 is 0.938 bits per heavy atom. The molecular formula is C25H25FN4O2. The van der Waals surface area contributed by atoms with Gasteiger partial charge in [0.05, 0.1) is 0 Å². The molecule has 1 heterocycles. The van der Waals surface area contributed by atoms with Gasteiger partial charge in [-0.05, 0) is 67.7 Å². The lowest BCUT2D eigenvalue weighted by Crippen LogP contribution is -2.28. The van der Waals surface area contributed by atoms with Gasteiger partial charge in [0.1, 0.15) is 11.3 Å². The normalized spacial score (nSPS) is 11.2. The molecule has 0 spiro atoms. The molecule has 6 nitrogen and oxygen atoms in total. The highest BCUT2D eigenvalue weighted by atomic mass is 19.1. The summed E-state index contributed by atoms with van der Waals surface area (Å²) in [4.78, 5) is 21.3. The highest BCUT2D eigenvalue weighted by Gasteiger charge is 2.13. The number of halogens is 1. The van der Waals surface area contributed by atoms with Crippen LogP contribution in [0.4, 0.5) is 16.1 Å². The van der Waals surface area contributed by atoms with Gasteiger partial charge in [0.25, 0.3) is 11.9 Å². The fraction of sp³-hybridized carbons (Fsp3) is 0.200. The molecule has 0 atom stereocenters. The second-order valence-electron chi connectivity index (χ2n) is 7.94. The van der Waals surface area contributed by atoms with Gasteiger partial charge in [0.2, 0.25) is 0 Å². The van der Waals surface area contributed by atoms with Crippen LogP contribution in [-0.4, -0.2) is 50.0 Å². The van der Waals surface area contributed by atoms with Crippen LogP contribution >= 0.6 is 0 Å². The van der Waals surface area contributed by atoms with Crippen molar-refractivity contribution in [2.24, 2.45) is 0 Å². The van der Waals surface area contributed by atoms with Crippen molar-refractivity contribution in [3.63, 3.8) is 0 Å². The highest BCUT2D eigenvalue weighted by Crippen LogP contribution is 2.25. The van der Waals surface area contributed by atoms with E-state index in [-0.39, 0.29) is 11.7 Å². The van der Waals surface area contributed by atoms with E-state index in [9.17, 15) is 9.18 Å². The first kappa shape index (κ1) is 21.5. The largest absolute Gasteiger partial charge is 0.423 e. The molecule has 1 aromatic heterocycles. The Bertz CT molecular complexity index is 1220. The summed E-state index contributed by atoms with van der Waals surface area (Å²) in [7, 11) is 5.98. The Hall–Kier alpha value is -3.71. The average Bonchev–Trinajstić information content (AvgIpc) is 3.21. The molecule has 0 aliphatic rings. The Morgan fingerprint density at radius 3 is 2.25 bits per heavy atom. The molecule has 164 valence electrons. The lowest BCUT2D eigenvalue weighted by atomic mass is 10.0. The molecule has 1 N–H and O–H groups in total. The number of anilines is 2. The summed E-state index contributed by atoms with van der Waals surface area (Å²) in [6, 6.07) is 19.4. The second kappa shape index (κ2) is 9.20. The minimum absolute atomic E-state index is 0.221. The second-order valence-corrected chi connectivity index (χ2v) is 7.94. The first-order chi connectivity index (χ1) is 15.4. The number of fused-ring (bicyclic) bond motifs is 1. The number of benzene rings is 3. The highest BCUT2D eigenvalue weighted by molar-refractivity contribution is 6.05. The number of hydrogen-bond acceptors (Lipinski definition) is 5. The third-order valence-corrected chi connectivity index (χ3v) is 5.17. The van der Waals surface area contributed by atoms with Gasteiger partial charge in [-0.25, -0.2) is 4.39 Å². The SMILES string of the molecule is CN(C)CCN(C)c1nc2cc(NC(=O)c3ccc(-c4ccc(F)cc4)cc3)ccc2o1. The molecule has 0 saturated heterocycles. The third kappa shape index (κ3) is 4.95. The van der Waals surface area contributed by atoms with E-state index in [4.69, 9.17) is 4.42 Å². The van der Waals surface area contributed by atoms with Crippen molar-refractivity contribution in [3.8, 4) is 11.1 Å². The zero-order valence-corrected chi connectivity index (χ0v) is 18.3. The van der Waals surface area contributed by atoms with Crippen molar-refractivity contribution in [1.29, 1.82) is 0 Å². The van der Waals surface area contributed by atoms with Crippen LogP contribution in [-0.2, 0) is 0 Å². The van der Waals surface area contributed by atoms with Gasteiger partial charge in [0.15, 0.2) is 5.58 Å². The van der Waals surface area contributed by atoms with Gasteiger partial charge in [-0.15, -0.1) is 0 Å². The Morgan fingerprint density at radius 2 is 1.59 bits per heavy atom. The zero-order chi connectivity index (χ0) is 22.7. The van der Waals surface area contributed by atoms with E-state index < -0.39 is 0 Å². The third-order valence-electron chi connectivity index (χ3n) is 5.17. The van der Waals surface area contributed by atoms with Gasteiger partial charge in [0, 0.05) is 31.4 Å². The summed E-state index contributed by atoms with van der Waals surface area (Å²) < 4.78 is 18.9. The van der Waals surface area contributed by atoms with Gasteiger partial charge >= 0.3 is 0 Å². The van der Waals surface area contributed by atoms with Crippen LogP contribution in [0.1, 0.15) is 10.4 Å².